The molecule has 2 rings (SSSR count). The first-order valence-electron chi connectivity index (χ1n) is 6.67. The van der Waals surface area contributed by atoms with Gasteiger partial charge in [0.25, 0.3) is 0 Å². The maximum Gasteiger partial charge on any atom is 0.122 e. The molecule has 0 unspecified atom stereocenters. The summed E-state index contributed by atoms with van der Waals surface area (Å²) < 4.78 is 5.42. The van der Waals surface area contributed by atoms with Gasteiger partial charge < -0.3 is 10.5 Å². The monoisotopic (exact) mass is 267 g/mol. The largest absolute Gasteiger partial charge is 0.496 e. The third kappa shape index (κ3) is 2.36. The first-order valence-corrected chi connectivity index (χ1v) is 7.05. The molecule has 1 saturated carbocycles. The summed E-state index contributed by atoms with van der Waals surface area (Å²) in [6.45, 7) is 2.68. The third-order valence-electron chi connectivity index (χ3n) is 4.26. The Labute approximate surface area is 114 Å². The molecule has 0 saturated heterocycles. The molecule has 0 bridgehead atoms. The van der Waals surface area contributed by atoms with Gasteiger partial charge in [-0.05, 0) is 43.0 Å². The second-order valence-corrected chi connectivity index (χ2v) is 5.75. The normalized spacial score (nSPS) is 18.7. The van der Waals surface area contributed by atoms with E-state index < -0.39 is 0 Å². The van der Waals surface area contributed by atoms with Gasteiger partial charge in [-0.25, -0.2) is 0 Å². The summed E-state index contributed by atoms with van der Waals surface area (Å²) in [6, 6.07) is 4.09. The lowest BCUT2D eigenvalue weighted by atomic mass is 9.69. The quantitative estimate of drug-likeness (QED) is 0.904. The summed E-state index contributed by atoms with van der Waals surface area (Å²) in [5.74, 6) is 0.910. The van der Waals surface area contributed by atoms with E-state index in [1.807, 2.05) is 13.0 Å². The highest BCUT2D eigenvalue weighted by atomic mass is 35.5. The van der Waals surface area contributed by atoms with E-state index >= 15 is 0 Å². The van der Waals surface area contributed by atoms with Gasteiger partial charge in [0.2, 0.25) is 0 Å². The number of hydrogen-bond donors (Lipinski definition) is 1. The highest BCUT2D eigenvalue weighted by molar-refractivity contribution is 6.31. The topological polar surface area (TPSA) is 35.2 Å². The average Bonchev–Trinajstić information content (AvgIpc) is 2.39. The van der Waals surface area contributed by atoms with Crippen LogP contribution in [0.5, 0.6) is 5.75 Å². The van der Waals surface area contributed by atoms with Crippen LogP contribution in [-0.4, -0.2) is 13.7 Å². The number of hydrogen-bond acceptors (Lipinski definition) is 2. The van der Waals surface area contributed by atoms with Crippen molar-refractivity contribution in [2.24, 2.45) is 5.73 Å². The molecular weight excluding hydrogens is 246 g/mol. The molecule has 1 fully saturated rings. The Balaban J connectivity index is 2.47. The van der Waals surface area contributed by atoms with Crippen molar-refractivity contribution in [1.82, 2.24) is 0 Å². The van der Waals surface area contributed by atoms with Gasteiger partial charge in [0, 0.05) is 17.0 Å². The molecule has 0 amide bonds. The summed E-state index contributed by atoms with van der Waals surface area (Å²) in [5.41, 5.74) is 8.37. The highest BCUT2D eigenvalue weighted by Crippen LogP contribution is 2.43. The van der Waals surface area contributed by atoms with Crippen LogP contribution < -0.4 is 10.5 Å². The van der Waals surface area contributed by atoms with E-state index in [1.54, 1.807) is 7.11 Å². The minimum Gasteiger partial charge on any atom is -0.496 e. The van der Waals surface area contributed by atoms with Crippen LogP contribution in [0.15, 0.2) is 12.1 Å². The van der Waals surface area contributed by atoms with Crippen molar-refractivity contribution in [3.05, 3.63) is 28.3 Å². The number of methoxy groups -OCH3 is 1. The van der Waals surface area contributed by atoms with Crippen LogP contribution in [-0.2, 0) is 5.41 Å². The molecule has 1 aliphatic carbocycles. The Morgan fingerprint density at radius 2 is 1.94 bits per heavy atom. The van der Waals surface area contributed by atoms with Crippen LogP contribution in [0, 0.1) is 6.92 Å². The summed E-state index contributed by atoms with van der Waals surface area (Å²) in [7, 11) is 1.70. The van der Waals surface area contributed by atoms with Gasteiger partial charge in [0.15, 0.2) is 0 Å². The molecule has 1 aromatic carbocycles. The minimum atomic E-state index is 0.0519. The van der Waals surface area contributed by atoms with Crippen molar-refractivity contribution in [3.8, 4) is 5.75 Å². The van der Waals surface area contributed by atoms with E-state index in [1.165, 1.54) is 24.8 Å². The number of aryl methyl sites for hydroxylation is 1. The molecule has 18 heavy (non-hydrogen) atoms. The van der Waals surface area contributed by atoms with Crippen LogP contribution in [0.4, 0.5) is 0 Å². The Hall–Kier alpha value is -0.730. The number of nitrogens with two attached hydrogens (primary N) is 1. The molecule has 0 heterocycles. The predicted octanol–water partition coefficient (Wildman–Crippen LogP) is 3.82. The second-order valence-electron chi connectivity index (χ2n) is 5.35. The van der Waals surface area contributed by atoms with Crippen molar-refractivity contribution in [2.45, 2.75) is 44.4 Å². The van der Waals surface area contributed by atoms with Gasteiger partial charge in [-0.1, -0.05) is 30.9 Å². The Morgan fingerprint density at radius 1 is 1.28 bits per heavy atom. The molecule has 0 spiro atoms. The zero-order valence-corrected chi connectivity index (χ0v) is 12.0. The summed E-state index contributed by atoms with van der Waals surface area (Å²) in [5, 5.41) is 0.834. The van der Waals surface area contributed by atoms with Gasteiger partial charge in [0.05, 0.1) is 7.11 Å². The fourth-order valence-corrected chi connectivity index (χ4v) is 3.51. The van der Waals surface area contributed by atoms with Gasteiger partial charge in [-0.2, -0.15) is 0 Å². The second kappa shape index (κ2) is 5.50. The van der Waals surface area contributed by atoms with Crippen molar-refractivity contribution < 1.29 is 4.74 Å². The zero-order chi connectivity index (χ0) is 13.2. The van der Waals surface area contributed by atoms with Crippen LogP contribution >= 0.6 is 11.6 Å². The predicted molar refractivity (Wildman–Crippen MR) is 76.6 cm³/mol. The van der Waals surface area contributed by atoms with Gasteiger partial charge in [0.1, 0.15) is 5.75 Å². The Bertz CT molecular complexity index is 425. The van der Waals surface area contributed by atoms with Crippen molar-refractivity contribution in [3.63, 3.8) is 0 Å². The fourth-order valence-electron chi connectivity index (χ4n) is 3.09. The van der Waals surface area contributed by atoms with E-state index in [9.17, 15) is 0 Å². The van der Waals surface area contributed by atoms with Crippen LogP contribution in [0.25, 0.3) is 0 Å². The summed E-state index contributed by atoms with van der Waals surface area (Å²) in [6.07, 6.45) is 6.06. The Morgan fingerprint density at radius 3 is 2.50 bits per heavy atom. The standard InChI is InChI=1S/C15H22ClNO/c1-11-8-13(16)12(9-14(11)18-2)15(10-17)6-4-3-5-7-15/h8-9H,3-7,10,17H2,1-2H3. The zero-order valence-electron chi connectivity index (χ0n) is 11.3. The van der Waals surface area contributed by atoms with Gasteiger partial charge in [-0.3, -0.25) is 0 Å². The van der Waals surface area contributed by atoms with E-state index in [0.717, 1.165) is 29.2 Å². The molecule has 1 aliphatic rings. The number of ether oxygens (including phenoxy) is 1. The summed E-state index contributed by atoms with van der Waals surface area (Å²) >= 11 is 6.45. The molecule has 0 aromatic heterocycles. The van der Waals surface area contributed by atoms with Crippen LogP contribution in [0.2, 0.25) is 5.02 Å². The molecule has 3 heteroatoms. The highest BCUT2D eigenvalue weighted by Gasteiger charge is 2.34. The van der Waals surface area contributed by atoms with E-state index in [2.05, 4.69) is 6.07 Å². The van der Waals surface area contributed by atoms with E-state index in [-0.39, 0.29) is 5.41 Å². The number of halogens is 1. The molecule has 100 valence electrons. The van der Waals surface area contributed by atoms with E-state index in [0.29, 0.717) is 6.54 Å². The Kier molecular flexibility index (Phi) is 4.18. The molecule has 1 aromatic rings. The molecule has 0 atom stereocenters. The lowest BCUT2D eigenvalue weighted by Gasteiger charge is -2.37. The van der Waals surface area contributed by atoms with Crippen LogP contribution in [0.1, 0.15) is 43.2 Å². The van der Waals surface area contributed by atoms with Crippen molar-refractivity contribution in [1.29, 1.82) is 0 Å². The van der Waals surface area contributed by atoms with Gasteiger partial charge >= 0.3 is 0 Å². The average molecular weight is 268 g/mol. The maximum absolute atomic E-state index is 6.45. The first kappa shape index (κ1) is 13.7. The maximum atomic E-state index is 6.45. The molecule has 0 aliphatic heterocycles. The number of benzene rings is 1. The molecular formula is C15H22ClNO. The lowest BCUT2D eigenvalue weighted by Crippen LogP contribution is -2.37. The third-order valence-corrected chi connectivity index (χ3v) is 4.57. The van der Waals surface area contributed by atoms with E-state index in [4.69, 9.17) is 22.1 Å². The smallest absolute Gasteiger partial charge is 0.122 e. The fraction of sp³-hybridized carbons (Fsp3) is 0.600. The van der Waals surface area contributed by atoms with Crippen molar-refractivity contribution in [2.75, 3.05) is 13.7 Å². The SMILES string of the molecule is COc1cc(C2(CN)CCCCC2)c(Cl)cc1C. The first-order chi connectivity index (χ1) is 8.63. The molecule has 0 radical (unpaired) electrons. The molecule has 2 N–H and O–H groups in total. The van der Waals surface area contributed by atoms with Crippen molar-refractivity contribution >= 4 is 11.6 Å². The van der Waals surface area contributed by atoms with Crippen LogP contribution in [0.3, 0.4) is 0 Å². The number of rotatable bonds is 3. The molecule has 2 nitrogen and oxygen atoms in total. The summed E-state index contributed by atoms with van der Waals surface area (Å²) in [4.78, 5) is 0. The lowest BCUT2D eigenvalue weighted by molar-refractivity contribution is 0.299. The van der Waals surface area contributed by atoms with Gasteiger partial charge in [-0.15, -0.1) is 0 Å². The minimum absolute atomic E-state index is 0.0519.